The van der Waals surface area contributed by atoms with Gasteiger partial charge in [-0.15, -0.1) is 0 Å². The number of hydrogen-bond donors (Lipinski definition) is 3. The first kappa shape index (κ1) is 23.1. The molecular formula is C24H23ClFN5O4. The standard InChI is InChI=1S/C24H23ClFN5O4/c1-13-14(11-32)4-2-5-18(13)31-21(27)15(10-28-31)22(33)30-9-3-8-24(12-30)19-17(29-23(34)35-24)7-6-16(25)20(19)26/h2,4-7,10,32H,3,8-9,11-12,27H2,1H3,(H,29,34)/t24-/m0/s1. The number of benzene rings is 2. The lowest BCUT2D eigenvalue weighted by molar-refractivity contribution is -0.0418. The highest BCUT2D eigenvalue weighted by Crippen LogP contribution is 2.45. The van der Waals surface area contributed by atoms with Crippen molar-refractivity contribution in [3.05, 3.63) is 69.6 Å². The topological polar surface area (TPSA) is 123 Å². The zero-order chi connectivity index (χ0) is 24.9. The molecule has 9 nitrogen and oxygen atoms in total. The number of ether oxygens (including phenoxy) is 1. The number of likely N-dealkylation sites (tertiary alicyclic amines) is 1. The molecule has 1 saturated heterocycles. The van der Waals surface area contributed by atoms with Gasteiger partial charge in [0.15, 0.2) is 11.4 Å². The van der Waals surface area contributed by atoms with E-state index in [1.807, 2.05) is 6.92 Å². The van der Waals surface area contributed by atoms with Crippen LogP contribution in [0.1, 0.15) is 39.9 Å². The minimum absolute atomic E-state index is 0.0623. The Hall–Kier alpha value is -3.63. The summed E-state index contributed by atoms with van der Waals surface area (Å²) < 4.78 is 22.2. The molecule has 0 aliphatic carbocycles. The van der Waals surface area contributed by atoms with Crippen molar-refractivity contribution in [3.8, 4) is 5.69 Å². The molecule has 0 unspecified atom stereocenters. The number of nitrogen functional groups attached to an aromatic ring is 1. The number of hydrogen-bond acceptors (Lipinski definition) is 6. The molecule has 3 heterocycles. The highest BCUT2D eigenvalue weighted by Gasteiger charge is 2.48. The average molecular weight is 500 g/mol. The van der Waals surface area contributed by atoms with Crippen molar-refractivity contribution in [1.82, 2.24) is 14.7 Å². The van der Waals surface area contributed by atoms with Crippen LogP contribution in [0.3, 0.4) is 0 Å². The third kappa shape index (κ3) is 3.69. The number of nitrogens with two attached hydrogens (primary N) is 1. The molecule has 2 aromatic carbocycles. The number of aliphatic hydroxyl groups excluding tert-OH is 1. The van der Waals surface area contributed by atoms with Crippen LogP contribution in [0.25, 0.3) is 5.69 Å². The quantitative estimate of drug-likeness (QED) is 0.504. The van der Waals surface area contributed by atoms with E-state index in [4.69, 9.17) is 22.1 Å². The average Bonchev–Trinajstić information content (AvgIpc) is 3.21. The molecule has 4 N–H and O–H groups in total. The van der Waals surface area contributed by atoms with Gasteiger partial charge in [-0.2, -0.15) is 5.10 Å². The Morgan fingerprint density at radius 3 is 2.94 bits per heavy atom. The number of carbonyl (C=O) groups is 2. The molecule has 0 bridgehead atoms. The number of nitrogens with zero attached hydrogens (tertiary/aromatic N) is 3. The number of fused-ring (bicyclic) bond motifs is 2. The molecule has 182 valence electrons. The number of piperidine rings is 1. The number of aliphatic hydroxyl groups is 1. The molecule has 1 spiro atoms. The van der Waals surface area contributed by atoms with Gasteiger partial charge in [0.25, 0.3) is 5.91 Å². The van der Waals surface area contributed by atoms with Gasteiger partial charge < -0.3 is 20.5 Å². The van der Waals surface area contributed by atoms with E-state index < -0.39 is 23.4 Å². The fourth-order valence-electron chi connectivity index (χ4n) is 4.90. The smallest absolute Gasteiger partial charge is 0.412 e. The van der Waals surface area contributed by atoms with Crippen molar-refractivity contribution in [1.29, 1.82) is 0 Å². The van der Waals surface area contributed by atoms with E-state index in [-0.39, 0.29) is 40.8 Å². The molecule has 11 heteroatoms. The van der Waals surface area contributed by atoms with Gasteiger partial charge in [-0.05, 0) is 49.1 Å². The van der Waals surface area contributed by atoms with Gasteiger partial charge >= 0.3 is 6.09 Å². The van der Waals surface area contributed by atoms with Crippen molar-refractivity contribution >= 4 is 35.1 Å². The van der Waals surface area contributed by atoms with Crippen LogP contribution in [-0.2, 0) is 16.9 Å². The molecule has 1 aromatic heterocycles. The summed E-state index contributed by atoms with van der Waals surface area (Å²) in [5, 5.41) is 16.3. The largest absolute Gasteiger partial charge is 0.436 e. The van der Waals surface area contributed by atoms with Crippen LogP contribution in [0, 0.1) is 12.7 Å². The summed E-state index contributed by atoms with van der Waals surface area (Å²) in [5.74, 6) is -0.975. The second-order valence-corrected chi connectivity index (χ2v) is 9.10. The van der Waals surface area contributed by atoms with E-state index in [9.17, 15) is 14.7 Å². The van der Waals surface area contributed by atoms with Gasteiger partial charge in [-0.1, -0.05) is 23.7 Å². The Labute approximate surface area is 205 Å². The van der Waals surface area contributed by atoms with Crippen LogP contribution >= 0.6 is 11.6 Å². The van der Waals surface area contributed by atoms with Crippen molar-refractivity contribution < 1.29 is 23.8 Å². The van der Waals surface area contributed by atoms with Crippen LogP contribution in [0.2, 0.25) is 5.02 Å². The monoisotopic (exact) mass is 499 g/mol. The normalized spacial score (nSPS) is 19.3. The van der Waals surface area contributed by atoms with Crippen molar-refractivity contribution in [2.45, 2.75) is 32.0 Å². The number of rotatable bonds is 3. The van der Waals surface area contributed by atoms with Crippen LogP contribution in [0.4, 0.5) is 20.7 Å². The van der Waals surface area contributed by atoms with E-state index in [0.717, 1.165) is 11.1 Å². The summed E-state index contributed by atoms with van der Waals surface area (Å²) in [4.78, 5) is 27.3. The van der Waals surface area contributed by atoms with Crippen LogP contribution in [-0.4, -0.2) is 44.9 Å². The highest BCUT2D eigenvalue weighted by atomic mass is 35.5. The van der Waals surface area contributed by atoms with Crippen molar-refractivity contribution in [2.24, 2.45) is 0 Å². The lowest BCUT2D eigenvalue weighted by Gasteiger charge is -2.45. The lowest BCUT2D eigenvalue weighted by Crippen LogP contribution is -2.53. The molecule has 0 radical (unpaired) electrons. The number of anilines is 2. The van der Waals surface area contributed by atoms with Gasteiger partial charge in [-0.3, -0.25) is 10.1 Å². The number of halogens is 2. The van der Waals surface area contributed by atoms with Crippen LogP contribution < -0.4 is 11.1 Å². The van der Waals surface area contributed by atoms with Crippen molar-refractivity contribution in [3.63, 3.8) is 0 Å². The van der Waals surface area contributed by atoms with E-state index in [0.29, 0.717) is 25.1 Å². The number of aromatic nitrogens is 2. The number of amides is 2. The third-order valence-electron chi connectivity index (χ3n) is 6.67. The maximum atomic E-state index is 15.1. The fourth-order valence-corrected chi connectivity index (χ4v) is 5.06. The van der Waals surface area contributed by atoms with E-state index in [1.165, 1.54) is 27.9 Å². The van der Waals surface area contributed by atoms with E-state index in [2.05, 4.69) is 10.4 Å². The van der Waals surface area contributed by atoms with Gasteiger partial charge in [0, 0.05) is 6.54 Å². The van der Waals surface area contributed by atoms with E-state index >= 15 is 4.39 Å². The Bertz CT molecular complexity index is 1360. The lowest BCUT2D eigenvalue weighted by atomic mass is 9.83. The Balaban J connectivity index is 1.50. The zero-order valence-corrected chi connectivity index (χ0v) is 19.6. The maximum Gasteiger partial charge on any atom is 0.412 e. The molecule has 2 aliphatic heterocycles. The molecule has 0 saturated carbocycles. The number of carbonyl (C=O) groups excluding carboxylic acids is 2. The Morgan fingerprint density at radius 1 is 1.37 bits per heavy atom. The summed E-state index contributed by atoms with van der Waals surface area (Å²) in [6.45, 7) is 2.00. The summed E-state index contributed by atoms with van der Waals surface area (Å²) in [6.07, 6.45) is 1.45. The highest BCUT2D eigenvalue weighted by molar-refractivity contribution is 6.31. The maximum absolute atomic E-state index is 15.1. The first-order valence-corrected chi connectivity index (χ1v) is 11.4. The molecular weight excluding hydrogens is 477 g/mol. The molecule has 1 atom stereocenters. The van der Waals surface area contributed by atoms with Gasteiger partial charge in [0.1, 0.15) is 11.4 Å². The van der Waals surface area contributed by atoms with Gasteiger partial charge in [0.2, 0.25) is 0 Å². The molecule has 2 amide bonds. The zero-order valence-electron chi connectivity index (χ0n) is 18.8. The first-order valence-electron chi connectivity index (χ1n) is 11.1. The summed E-state index contributed by atoms with van der Waals surface area (Å²) in [5.41, 5.74) is 7.66. The SMILES string of the molecule is Cc1c(CO)cccc1-n1ncc(C(=O)N2CCC[C@@]3(C2)OC(=O)Nc2ccc(Cl)c(F)c23)c1N. The minimum Gasteiger partial charge on any atom is -0.436 e. The third-order valence-corrected chi connectivity index (χ3v) is 6.96. The number of nitrogens with one attached hydrogen (secondary N) is 1. The second kappa shape index (κ2) is 8.54. The molecule has 1 fully saturated rings. The Morgan fingerprint density at radius 2 is 2.17 bits per heavy atom. The summed E-state index contributed by atoms with van der Waals surface area (Å²) in [6, 6.07) is 8.24. The van der Waals surface area contributed by atoms with E-state index in [1.54, 1.807) is 18.2 Å². The fraction of sp³-hybridized carbons (Fsp3) is 0.292. The van der Waals surface area contributed by atoms with Crippen molar-refractivity contribution in [2.75, 3.05) is 24.1 Å². The molecule has 2 aliphatic rings. The molecule has 5 rings (SSSR count). The molecule has 35 heavy (non-hydrogen) atoms. The minimum atomic E-state index is -1.38. The van der Waals surface area contributed by atoms with Gasteiger partial charge in [-0.25, -0.2) is 13.9 Å². The second-order valence-electron chi connectivity index (χ2n) is 8.70. The Kier molecular flexibility index (Phi) is 5.65. The first-order chi connectivity index (χ1) is 16.8. The molecule has 3 aromatic rings. The predicted molar refractivity (Wildman–Crippen MR) is 127 cm³/mol. The van der Waals surface area contributed by atoms with Crippen LogP contribution in [0.5, 0.6) is 0 Å². The van der Waals surface area contributed by atoms with Gasteiger partial charge in [0.05, 0.1) is 41.3 Å². The van der Waals surface area contributed by atoms with Crippen LogP contribution in [0.15, 0.2) is 36.5 Å². The summed E-state index contributed by atoms with van der Waals surface area (Å²) >= 11 is 6.03. The predicted octanol–water partition coefficient (Wildman–Crippen LogP) is 3.74. The summed E-state index contributed by atoms with van der Waals surface area (Å²) in [7, 11) is 0.